The molecule has 1 saturated heterocycles. The number of nitriles is 1. The van der Waals surface area contributed by atoms with Crippen molar-refractivity contribution in [3.05, 3.63) is 46.8 Å². The molecule has 8 nitrogen and oxygen atoms in total. The zero-order chi connectivity index (χ0) is 22.5. The van der Waals surface area contributed by atoms with Gasteiger partial charge in [-0.2, -0.15) is 17.0 Å². The van der Waals surface area contributed by atoms with Crippen LogP contribution in [0.4, 0.5) is 11.5 Å². The minimum Gasteiger partial charge on any atom is -0.352 e. The molecule has 1 unspecified atom stereocenters. The van der Waals surface area contributed by atoms with Gasteiger partial charge in [-0.15, -0.1) is 4.99 Å². The monoisotopic (exact) mass is 512 g/mol. The second kappa shape index (κ2) is 10.2. The van der Waals surface area contributed by atoms with E-state index in [4.69, 9.17) is 0 Å². The summed E-state index contributed by atoms with van der Waals surface area (Å²) >= 11 is 5.33. The molecule has 166 valence electrons. The number of aliphatic imine (C=N–C) groups is 1. The maximum atomic E-state index is 9.37. The highest BCUT2D eigenvalue weighted by molar-refractivity contribution is 9.10. The van der Waals surface area contributed by atoms with Crippen molar-refractivity contribution in [3.8, 4) is 6.19 Å². The molecule has 4 rings (SSSR count). The lowest BCUT2D eigenvalue weighted by Crippen LogP contribution is -2.57. The number of aryl methyl sites for hydroxylation is 1. The Kier molecular flexibility index (Phi) is 7.17. The van der Waals surface area contributed by atoms with E-state index in [1.165, 1.54) is 0 Å². The van der Waals surface area contributed by atoms with E-state index in [-0.39, 0.29) is 6.04 Å². The van der Waals surface area contributed by atoms with E-state index in [9.17, 15) is 5.26 Å². The highest BCUT2D eigenvalue weighted by Gasteiger charge is 2.31. The summed E-state index contributed by atoms with van der Waals surface area (Å²) in [5, 5.41) is 13.8. The van der Waals surface area contributed by atoms with Gasteiger partial charge in [-0.25, -0.2) is 9.97 Å². The quantitative estimate of drug-likeness (QED) is 0.300. The van der Waals surface area contributed by atoms with E-state index < -0.39 is 0 Å². The van der Waals surface area contributed by atoms with Crippen molar-refractivity contribution >= 4 is 56.2 Å². The molecule has 1 fully saturated rings. The van der Waals surface area contributed by atoms with Gasteiger partial charge in [-0.3, -0.25) is 0 Å². The number of hydrogen-bond donors (Lipinski definition) is 2. The fourth-order valence-corrected chi connectivity index (χ4v) is 4.98. The number of hydrogen-bond acceptors (Lipinski definition) is 6. The fourth-order valence-electron chi connectivity index (χ4n) is 4.07. The molecule has 3 aromatic rings. The van der Waals surface area contributed by atoms with E-state index in [0.29, 0.717) is 5.96 Å². The number of aromatic amines is 1. The lowest BCUT2D eigenvalue weighted by Gasteiger charge is -2.43. The summed E-state index contributed by atoms with van der Waals surface area (Å²) < 4.78 is 0.970. The van der Waals surface area contributed by atoms with Crippen LogP contribution in [0.25, 0.3) is 11.0 Å². The van der Waals surface area contributed by atoms with Gasteiger partial charge in [0.05, 0.1) is 11.4 Å². The Morgan fingerprint density at radius 2 is 2.28 bits per heavy atom. The van der Waals surface area contributed by atoms with Crippen molar-refractivity contribution in [1.29, 1.82) is 5.26 Å². The Bertz CT molecular complexity index is 1150. The maximum absolute atomic E-state index is 9.37. The minimum atomic E-state index is 0.187. The van der Waals surface area contributed by atoms with Crippen LogP contribution in [0.3, 0.4) is 0 Å². The summed E-state index contributed by atoms with van der Waals surface area (Å²) in [6, 6.07) is 8.06. The van der Waals surface area contributed by atoms with Gasteiger partial charge in [-0.1, -0.05) is 22.0 Å². The Hall–Kier alpha value is -2.77. The smallest absolute Gasteiger partial charge is 0.214 e. The van der Waals surface area contributed by atoms with Crippen LogP contribution in [0, 0.1) is 18.4 Å². The first-order chi connectivity index (χ1) is 15.6. The van der Waals surface area contributed by atoms with Gasteiger partial charge < -0.3 is 20.1 Å². The average Bonchev–Trinajstić information content (AvgIpc) is 3.18. The molecule has 0 radical (unpaired) electrons. The van der Waals surface area contributed by atoms with Gasteiger partial charge in [0, 0.05) is 36.0 Å². The van der Waals surface area contributed by atoms with Gasteiger partial charge >= 0.3 is 0 Å². The number of halogens is 1. The number of aromatic nitrogens is 3. The van der Waals surface area contributed by atoms with Crippen LogP contribution in [-0.4, -0.2) is 63.5 Å². The summed E-state index contributed by atoms with van der Waals surface area (Å²) in [7, 11) is 0. The SMILES string of the molecule is CSCCC1CN(c2ncnc3[nH]cc(C)c23)CCN1C(=NC#N)Nc1cccc(Br)c1. The Morgan fingerprint density at radius 1 is 1.41 bits per heavy atom. The lowest BCUT2D eigenvalue weighted by molar-refractivity contribution is 0.274. The summed E-state index contributed by atoms with van der Waals surface area (Å²) in [4.78, 5) is 20.9. The highest BCUT2D eigenvalue weighted by atomic mass is 79.9. The van der Waals surface area contributed by atoms with E-state index in [2.05, 4.69) is 64.2 Å². The summed E-state index contributed by atoms with van der Waals surface area (Å²) in [5.41, 5.74) is 2.89. The van der Waals surface area contributed by atoms with E-state index in [1.807, 2.05) is 48.4 Å². The largest absolute Gasteiger partial charge is 0.352 e. The standard InChI is InChI=1S/C22H25BrN8S/c1-15-11-25-20-19(15)21(28-14-27-20)30-7-8-31(18(12-30)6-9-32-2)22(26-13-24)29-17-5-3-4-16(23)10-17/h3-5,10-11,14,18H,6-9,12H2,1-2H3,(H,26,29)(H,25,27,28). The van der Waals surface area contributed by atoms with E-state index in [1.54, 1.807) is 6.33 Å². The predicted octanol–water partition coefficient (Wildman–Crippen LogP) is 4.22. The molecule has 1 aliphatic heterocycles. The number of guanidine groups is 1. The van der Waals surface area contributed by atoms with Crippen molar-refractivity contribution in [2.75, 3.05) is 41.9 Å². The predicted molar refractivity (Wildman–Crippen MR) is 135 cm³/mol. The van der Waals surface area contributed by atoms with Crippen molar-refractivity contribution in [1.82, 2.24) is 19.9 Å². The molecule has 0 saturated carbocycles. The number of rotatable bonds is 5. The highest BCUT2D eigenvalue weighted by Crippen LogP contribution is 2.29. The molecule has 2 aromatic heterocycles. The molecule has 0 bridgehead atoms. The van der Waals surface area contributed by atoms with E-state index in [0.717, 1.165) is 64.4 Å². The lowest BCUT2D eigenvalue weighted by atomic mass is 10.1. The first-order valence-corrected chi connectivity index (χ1v) is 12.6. The molecule has 1 aromatic carbocycles. The maximum Gasteiger partial charge on any atom is 0.214 e. The summed E-state index contributed by atoms with van der Waals surface area (Å²) in [6.45, 7) is 4.38. The molecule has 1 aliphatic rings. The Labute approximate surface area is 200 Å². The third-order valence-electron chi connectivity index (χ3n) is 5.59. The molecule has 0 aliphatic carbocycles. The van der Waals surface area contributed by atoms with Crippen molar-refractivity contribution < 1.29 is 0 Å². The third-order valence-corrected chi connectivity index (χ3v) is 6.73. The Morgan fingerprint density at radius 3 is 3.06 bits per heavy atom. The van der Waals surface area contributed by atoms with E-state index >= 15 is 0 Å². The average molecular weight is 513 g/mol. The third kappa shape index (κ3) is 4.84. The van der Waals surface area contributed by atoms with Gasteiger partial charge in [0.2, 0.25) is 12.2 Å². The molecule has 0 spiro atoms. The second-order valence-electron chi connectivity index (χ2n) is 7.64. The molecule has 3 heterocycles. The summed E-state index contributed by atoms with van der Waals surface area (Å²) in [6.07, 6.45) is 8.66. The number of nitrogens with one attached hydrogen (secondary N) is 2. The number of benzene rings is 1. The minimum absolute atomic E-state index is 0.187. The number of fused-ring (bicyclic) bond motifs is 1. The topological polar surface area (TPSA) is 96.2 Å². The van der Waals surface area contributed by atoms with Crippen LogP contribution in [0.2, 0.25) is 0 Å². The van der Waals surface area contributed by atoms with Gasteiger partial charge in [0.15, 0.2) is 0 Å². The number of thioether (sulfide) groups is 1. The number of H-pyrrole nitrogens is 1. The van der Waals surface area contributed by atoms with Crippen LogP contribution in [-0.2, 0) is 0 Å². The molecule has 10 heteroatoms. The Balaban J connectivity index is 1.61. The number of piperazine rings is 1. The van der Waals surface area contributed by atoms with Crippen LogP contribution in [0.5, 0.6) is 0 Å². The van der Waals surface area contributed by atoms with Crippen LogP contribution >= 0.6 is 27.7 Å². The van der Waals surface area contributed by atoms with Crippen LogP contribution in [0.15, 0.2) is 46.3 Å². The second-order valence-corrected chi connectivity index (χ2v) is 9.54. The van der Waals surface area contributed by atoms with Gasteiger partial charge in [0.1, 0.15) is 17.8 Å². The zero-order valence-corrected chi connectivity index (χ0v) is 20.4. The molecule has 2 N–H and O–H groups in total. The van der Waals surface area contributed by atoms with Gasteiger partial charge in [-0.05, 0) is 49.1 Å². The van der Waals surface area contributed by atoms with Crippen molar-refractivity contribution in [2.24, 2.45) is 4.99 Å². The van der Waals surface area contributed by atoms with Gasteiger partial charge in [0.25, 0.3) is 0 Å². The molecule has 1 atom stereocenters. The number of nitrogens with zero attached hydrogens (tertiary/aromatic N) is 6. The van der Waals surface area contributed by atoms with Crippen molar-refractivity contribution in [2.45, 2.75) is 19.4 Å². The first-order valence-electron chi connectivity index (χ1n) is 10.4. The van der Waals surface area contributed by atoms with Crippen molar-refractivity contribution in [3.63, 3.8) is 0 Å². The van der Waals surface area contributed by atoms with Crippen LogP contribution < -0.4 is 10.2 Å². The normalized spacial score (nSPS) is 16.9. The summed E-state index contributed by atoms with van der Waals surface area (Å²) in [5.74, 6) is 2.57. The molecule has 0 amide bonds. The fraction of sp³-hybridized carbons (Fsp3) is 0.364. The molecule has 32 heavy (non-hydrogen) atoms. The first kappa shape index (κ1) is 22.4. The molecular weight excluding hydrogens is 488 g/mol. The van der Waals surface area contributed by atoms with Crippen LogP contribution in [0.1, 0.15) is 12.0 Å². The molecular formula is C22H25BrN8S. The zero-order valence-electron chi connectivity index (χ0n) is 18.0. The number of anilines is 2.